The van der Waals surface area contributed by atoms with E-state index in [4.69, 9.17) is 15.2 Å². The third kappa shape index (κ3) is 4.14. The van der Waals surface area contributed by atoms with Crippen molar-refractivity contribution in [2.75, 3.05) is 12.8 Å². The van der Waals surface area contributed by atoms with Gasteiger partial charge >= 0.3 is 5.97 Å². The Morgan fingerprint density at radius 1 is 0.917 bits per heavy atom. The molecule has 36 heavy (non-hydrogen) atoms. The smallest absolute Gasteiger partial charge is 0.337 e. The van der Waals surface area contributed by atoms with Gasteiger partial charge < -0.3 is 15.2 Å². The van der Waals surface area contributed by atoms with E-state index in [1.165, 1.54) is 18.5 Å². The first kappa shape index (κ1) is 22.7. The van der Waals surface area contributed by atoms with Crippen LogP contribution in [0.4, 0.5) is 5.82 Å². The van der Waals surface area contributed by atoms with Crippen molar-refractivity contribution in [1.29, 1.82) is 0 Å². The monoisotopic (exact) mass is 479 g/mol. The summed E-state index contributed by atoms with van der Waals surface area (Å²) in [6, 6.07) is 20.0. The van der Waals surface area contributed by atoms with Gasteiger partial charge in [0.15, 0.2) is 11.4 Å². The van der Waals surface area contributed by atoms with E-state index in [9.17, 15) is 9.59 Å². The molecule has 3 heterocycles. The Balaban J connectivity index is 1.56. The van der Waals surface area contributed by atoms with Crippen molar-refractivity contribution < 1.29 is 19.1 Å². The average Bonchev–Trinajstić information content (AvgIpc) is 3.33. The fraction of sp³-hybridized carbons (Fsp3) is 0.0741. The number of aromatic nitrogens is 4. The van der Waals surface area contributed by atoms with Crippen molar-refractivity contribution in [2.45, 2.75) is 6.92 Å². The highest BCUT2D eigenvalue weighted by atomic mass is 16.5. The maximum atomic E-state index is 12.4. The number of hydrogen-bond acceptors (Lipinski definition) is 8. The first-order chi connectivity index (χ1) is 17.5. The quantitative estimate of drug-likeness (QED) is 0.272. The molecule has 9 heteroatoms. The molecule has 0 amide bonds. The number of fused-ring (bicyclic) bond motifs is 1. The van der Waals surface area contributed by atoms with Gasteiger partial charge in [0.05, 0.1) is 24.6 Å². The molecule has 178 valence electrons. The summed E-state index contributed by atoms with van der Waals surface area (Å²) < 4.78 is 12.1. The Morgan fingerprint density at radius 2 is 1.67 bits per heavy atom. The summed E-state index contributed by atoms with van der Waals surface area (Å²) in [7, 11) is 1.31. The summed E-state index contributed by atoms with van der Waals surface area (Å²) >= 11 is 0. The molecule has 0 radical (unpaired) electrons. The minimum Gasteiger partial charge on any atom is -0.465 e. The Bertz CT molecular complexity index is 1580. The molecule has 0 aliphatic rings. The molecule has 3 aromatic heterocycles. The second-order valence-electron chi connectivity index (χ2n) is 7.94. The number of carbonyl (C=O) groups is 2. The first-order valence-electron chi connectivity index (χ1n) is 11.0. The lowest BCUT2D eigenvalue weighted by atomic mass is 10.1. The van der Waals surface area contributed by atoms with Gasteiger partial charge in [0.2, 0.25) is 5.88 Å². The first-order valence-corrected chi connectivity index (χ1v) is 11.0. The topological polar surface area (TPSA) is 122 Å². The molecule has 0 aliphatic carbocycles. The molecule has 0 atom stereocenters. The maximum Gasteiger partial charge on any atom is 0.337 e. The number of pyridine rings is 1. The molecule has 0 saturated carbocycles. The van der Waals surface area contributed by atoms with Crippen LogP contribution in [0.25, 0.3) is 28.0 Å². The van der Waals surface area contributed by atoms with Crippen molar-refractivity contribution in [3.63, 3.8) is 0 Å². The highest BCUT2D eigenvalue weighted by Crippen LogP contribution is 2.33. The van der Waals surface area contributed by atoms with E-state index in [1.807, 2.05) is 42.5 Å². The second kappa shape index (κ2) is 9.30. The predicted octanol–water partition coefficient (Wildman–Crippen LogP) is 4.82. The summed E-state index contributed by atoms with van der Waals surface area (Å²) in [5, 5.41) is 4.35. The predicted molar refractivity (Wildman–Crippen MR) is 134 cm³/mol. The lowest BCUT2D eigenvalue weighted by Crippen LogP contribution is -2.11. The van der Waals surface area contributed by atoms with E-state index in [-0.39, 0.29) is 23.0 Å². The molecule has 5 aromatic rings. The number of carbonyl (C=O) groups excluding carboxylic acids is 2. The van der Waals surface area contributed by atoms with Crippen LogP contribution in [0.1, 0.15) is 27.6 Å². The minimum absolute atomic E-state index is 0.0360. The van der Waals surface area contributed by atoms with Crippen LogP contribution in [0, 0.1) is 0 Å². The number of nitrogens with two attached hydrogens (primary N) is 1. The van der Waals surface area contributed by atoms with Crippen LogP contribution in [0.3, 0.4) is 0 Å². The second-order valence-corrected chi connectivity index (χ2v) is 7.94. The minimum atomic E-state index is -0.467. The molecule has 0 spiro atoms. The van der Waals surface area contributed by atoms with Gasteiger partial charge in [-0.1, -0.05) is 36.4 Å². The fourth-order valence-corrected chi connectivity index (χ4v) is 3.82. The zero-order valence-corrected chi connectivity index (χ0v) is 19.5. The Hall–Kier alpha value is -5.05. The number of nitrogens with zero attached hydrogens (tertiary/aromatic N) is 4. The van der Waals surface area contributed by atoms with E-state index in [1.54, 1.807) is 36.7 Å². The molecule has 0 fully saturated rings. The van der Waals surface area contributed by atoms with E-state index < -0.39 is 5.97 Å². The van der Waals surface area contributed by atoms with Crippen molar-refractivity contribution >= 4 is 23.2 Å². The summed E-state index contributed by atoms with van der Waals surface area (Å²) in [5.74, 6) is -0.279. The van der Waals surface area contributed by atoms with E-state index in [0.717, 1.165) is 16.8 Å². The molecular formula is C27H21N5O4. The molecule has 2 N–H and O–H groups in total. The van der Waals surface area contributed by atoms with Crippen molar-refractivity contribution in [3.05, 3.63) is 90.3 Å². The number of methoxy groups -OCH3 is 1. The number of ether oxygens (including phenoxy) is 2. The molecule has 0 bridgehead atoms. The fourth-order valence-electron chi connectivity index (χ4n) is 3.82. The van der Waals surface area contributed by atoms with Crippen LogP contribution in [0.15, 0.2) is 79.1 Å². The normalized spacial score (nSPS) is 10.8. The highest BCUT2D eigenvalue weighted by molar-refractivity contribution is 6.01. The zero-order chi connectivity index (χ0) is 25.2. The summed E-state index contributed by atoms with van der Waals surface area (Å²) in [6.07, 6.45) is 3.36. The van der Waals surface area contributed by atoms with Crippen LogP contribution in [0.5, 0.6) is 11.6 Å². The molecule has 5 rings (SSSR count). The molecule has 9 nitrogen and oxygen atoms in total. The number of ketones is 1. The summed E-state index contributed by atoms with van der Waals surface area (Å²) in [5.41, 5.74) is 10.5. The largest absolute Gasteiger partial charge is 0.465 e. The summed E-state index contributed by atoms with van der Waals surface area (Å²) in [6.45, 7) is 1.38. The van der Waals surface area contributed by atoms with Gasteiger partial charge in [-0.2, -0.15) is 14.6 Å². The third-order valence-electron chi connectivity index (χ3n) is 5.64. The third-order valence-corrected chi connectivity index (χ3v) is 5.64. The number of esters is 1. The molecular weight excluding hydrogens is 458 g/mol. The molecule has 0 saturated heterocycles. The van der Waals surface area contributed by atoms with Crippen LogP contribution in [-0.4, -0.2) is 38.4 Å². The number of rotatable bonds is 6. The number of nitrogen functional groups attached to an aromatic ring is 1. The van der Waals surface area contributed by atoms with Crippen LogP contribution in [0.2, 0.25) is 0 Å². The van der Waals surface area contributed by atoms with Gasteiger partial charge in [-0.25, -0.2) is 4.79 Å². The van der Waals surface area contributed by atoms with E-state index >= 15 is 0 Å². The van der Waals surface area contributed by atoms with E-state index in [2.05, 4.69) is 15.1 Å². The lowest BCUT2D eigenvalue weighted by Gasteiger charge is -2.12. The van der Waals surface area contributed by atoms with Crippen molar-refractivity contribution in [3.8, 4) is 34.0 Å². The molecule has 0 unspecified atom stereocenters. The number of hydrogen-bond donors (Lipinski definition) is 1. The summed E-state index contributed by atoms with van der Waals surface area (Å²) in [4.78, 5) is 33.3. The maximum absolute atomic E-state index is 12.4. The van der Waals surface area contributed by atoms with Crippen molar-refractivity contribution in [2.24, 2.45) is 0 Å². The van der Waals surface area contributed by atoms with Gasteiger partial charge in [-0.3, -0.25) is 9.78 Å². The van der Waals surface area contributed by atoms with E-state index in [0.29, 0.717) is 22.5 Å². The van der Waals surface area contributed by atoms with Crippen LogP contribution < -0.4 is 10.5 Å². The van der Waals surface area contributed by atoms with Gasteiger partial charge in [0.25, 0.3) is 0 Å². The number of anilines is 1. The SMILES string of the molecule is COC(=O)c1ccc(Oc2nc3c(-c4ccc(-c5ccccc5)nc4)cnn3c(N)c2C(C)=O)cc1. The Kier molecular flexibility index (Phi) is 5.87. The Morgan fingerprint density at radius 3 is 2.31 bits per heavy atom. The molecule has 0 aliphatic heterocycles. The van der Waals surface area contributed by atoms with Gasteiger partial charge in [0.1, 0.15) is 17.1 Å². The van der Waals surface area contributed by atoms with Crippen LogP contribution in [-0.2, 0) is 4.74 Å². The van der Waals surface area contributed by atoms with Gasteiger partial charge in [-0.15, -0.1) is 0 Å². The average molecular weight is 479 g/mol. The number of benzene rings is 2. The van der Waals surface area contributed by atoms with Gasteiger partial charge in [0, 0.05) is 22.9 Å². The lowest BCUT2D eigenvalue weighted by molar-refractivity contribution is 0.0600. The van der Waals surface area contributed by atoms with Gasteiger partial charge in [-0.05, 0) is 37.3 Å². The Labute approximate surface area is 206 Å². The highest BCUT2D eigenvalue weighted by Gasteiger charge is 2.22. The molecule has 2 aromatic carbocycles. The van der Waals surface area contributed by atoms with Crippen LogP contribution >= 0.6 is 0 Å². The number of Topliss-reactive ketones (excluding diaryl/α,β-unsaturated/α-hetero) is 1. The zero-order valence-electron chi connectivity index (χ0n) is 19.5. The standard InChI is InChI=1S/C27H21N5O4/c1-16(33)23-24(28)32-25(31-26(23)36-20-11-8-18(9-12-20)27(34)35-2)21(15-30-32)19-10-13-22(29-14-19)17-6-4-3-5-7-17/h3-15H,28H2,1-2H3. The van der Waals surface area contributed by atoms with Crippen molar-refractivity contribution in [1.82, 2.24) is 19.6 Å².